The lowest BCUT2D eigenvalue weighted by Gasteiger charge is -2.17. The summed E-state index contributed by atoms with van der Waals surface area (Å²) in [5, 5.41) is 2.88. The van der Waals surface area contributed by atoms with Crippen molar-refractivity contribution >= 4 is 17.5 Å². The van der Waals surface area contributed by atoms with E-state index < -0.39 is 6.04 Å². The van der Waals surface area contributed by atoms with Crippen molar-refractivity contribution in [1.82, 2.24) is 5.32 Å². The van der Waals surface area contributed by atoms with Crippen LogP contribution in [0.25, 0.3) is 0 Å². The van der Waals surface area contributed by atoms with E-state index in [1.54, 1.807) is 4.90 Å². The van der Waals surface area contributed by atoms with E-state index >= 15 is 0 Å². The molecule has 1 atom stereocenters. The Labute approximate surface area is 142 Å². The van der Waals surface area contributed by atoms with Gasteiger partial charge in [0.25, 0.3) is 0 Å². The minimum atomic E-state index is -0.408. The van der Waals surface area contributed by atoms with Crippen molar-refractivity contribution in [2.75, 3.05) is 11.4 Å². The van der Waals surface area contributed by atoms with Gasteiger partial charge >= 0.3 is 0 Å². The second kappa shape index (κ2) is 7.30. The van der Waals surface area contributed by atoms with Gasteiger partial charge in [-0.1, -0.05) is 48.0 Å². The Hall–Kier alpha value is -2.62. The van der Waals surface area contributed by atoms with Crippen LogP contribution in [-0.2, 0) is 16.0 Å². The van der Waals surface area contributed by atoms with E-state index in [4.69, 9.17) is 0 Å². The summed E-state index contributed by atoms with van der Waals surface area (Å²) in [7, 11) is 0. The molecule has 24 heavy (non-hydrogen) atoms. The van der Waals surface area contributed by atoms with Crippen molar-refractivity contribution in [3.8, 4) is 0 Å². The van der Waals surface area contributed by atoms with Crippen LogP contribution in [0, 0.1) is 6.92 Å². The van der Waals surface area contributed by atoms with Gasteiger partial charge in [-0.15, -0.1) is 0 Å². The Kier molecular flexibility index (Phi) is 4.94. The fraction of sp³-hybridized carbons (Fsp3) is 0.300. The number of anilines is 1. The average Bonchev–Trinajstić information content (AvgIpc) is 2.95. The molecule has 4 heteroatoms. The minimum absolute atomic E-state index is 0.0214. The van der Waals surface area contributed by atoms with Crippen LogP contribution in [-0.4, -0.2) is 24.4 Å². The number of hydrogen-bond acceptors (Lipinski definition) is 2. The van der Waals surface area contributed by atoms with Crippen LogP contribution in [0.3, 0.4) is 0 Å². The number of carbonyl (C=O) groups is 2. The topological polar surface area (TPSA) is 49.4 Å². The molecule has 1 N–H and O–H groups in total. The van der Waals surface area contributed by atoms with E-state index in [9.17, 15) is 9.59 Å². The van der Waals surface area contributed by atoms with Crippen molar-refractivity contribution in [3.05, 3.63) is 65.7 Å². The summed E-state index contributed by atoms with van der Waals surface area (Å²) in [5.74, 6) is -0.0881. The third kappa shape index (κ3) is 3.82. The molecule has 1 fully saturated rings. The maximum atomic E-state index is 12.5. The molecule has 0 saturated carbocycles. The Bertz CT molecular complexity index is 710. The van der Waals surface area contributed by atoms with E-state index in [1.807, 2.05) is 61.5 Å². The van der Waals surface area contributed by atoms with Gasteiger partial charge in [0.15, 0.2) is 0 Å². The lowest BCUT2D eigenvalue weighted by atomic mass is 10.1. The molecule has 2 aromatic carbocycles. The van der Waals surface area contributed by atoms with Crippen molar-refractivity contribution in [2.45, 2.75) is 32.2 Å². The largest absolute Gasteiger partial charge is 0.344 e. The Morgan fingerprint density at radius 1 is 1.12 bits per heavy atom. The van der Waals surface area contributed by atoms with Gasteiger partial charge in [0.05, 0.1) is 0 Å². The number of aryl methyl sites for hydroxylation is 2. The number of nitrogens with zero attached hydrogens (tertiary/aromatic N) is 1. The number of nitrogens with one attached hydrogen (secondary N) is 1. The van der Waals surface area contributed by atoms with Crippen LogP contribution < -0.4 is 10.2 Å². The molecule has 3 rings (SSSR count). The molecule has 0 radical (unpaired) electrons. The first kappa shape index (κ1) is 16.2. The fourth-order valence-electron chi connectivity index (χ4n) is 2.96. The molecule has 0 unspecified atom stereocenters. The first-order valence-corrected chi connectivity index (χ1v) is 8.35. The van der Waals surface area contributed by atoms with Gasteiger partial charge in [-0.25, -0.2) is 0 Å². The summed E-state index contributed by atoms with van der Waals surface area (Å²) in [5.41, 5.74) is 3.19. The van der Waals surface area contributed by atoms with Crippen molar-refractivity contribution in [3.63, 3.8) is 0 Å². The molecule has 0 bridgehead atoms. The van der Waals surface area contributed by atoms with E-state index in [0.29, 0.717) is 25.8 Å². The normalized spacial score (nSPS) is 17.1. The number of carbonyl (C=O) groups excluding carboxylic acids is 2. The molecule has 0 aliphatic carbocycles. The summed E-state index contributed by atoms with van der Waals surface area (Å²) in [6.07, 6.45) is 1.75. The van der Waals surface area contributed by atoms with E-state index in [2.05, 4.69) is 5.32 Å². The maximum absolute atomic E-state index is 12.5. The Morgan fingerprint density at radius 3 is 2.54 bits per heavy atom. The first-order valence-electron chi connectivity index (χ1n) is 8.35. The Balaban J connectivity index is 1.53. The molecule has 0 spiro atoms. The lowest BCUT2D eigenvalue weighted by molar-refractivity contribution is -0.126. The van der Waals surface area contributed by atoms with Crippen LogP contribution in [0.4, 0.5) is 5.69 Å². The van der Waals surface area contributed by atoms with Crippen LogP contribution in [0.15, 0.2) is 54.6 Å². The summed E-state index contributed by atoms with van der Waals surface area (Å²) >= 11 is 0. The van der Waals surface area contributed by atoms with Crippen molar-refractivity contribution < 1.29 is 9.59 Å². The summed E-state index contributed by atoms with van der Waals surface area (Å²) in [4.78, 5) is 26.4. The van der Waals surface area contributed by atoms with E-state index in [1.165, 1.54) is 0 Å². The van der Waals surface area contributed by atoms with E-state index in [0.717, 1.165) is 16.8 Å². The predicted octanol–water partition coefficient (Wildman–Crippen LogP) is 2.85. The number of amides is 2. The standard InChI is InChI=1S/C20H22N2O2/c1-15-7-10-17(11-8-15)22-14-13-18(20(22)24)21-19(23)12-9-16-5-3-2-4-6-16/h2-8,10-11,18H,9,12-14H2,1H3,(H,21,23)/t18-/m1/s1. The second-order valence-electron chi connectivity index (χ2n) is 6.22. The van der Waals surface area contributed by atoms with Crippen molar-refractivity contribution in [2.24, 2.45) is 0 Å². The molecule has 4 nitrogen and oxygen atoms in total. The van der Waals surface area contributed by atoms with Gasteiger partial charge in [0, 0.05) is 18.7 Å². The third-order valence-electron chi connectivity index (χ3n) is 4.37. The summed E-state index contributed by atoms with van der Waals surface area (Å²) in [6.45, 7) is 2.66. The molecular weight excluding hydrogens is 300 g/mol. The van der Waals surface area contributed by atoms with Gasteiger partial charge in [-0.05, 0) is 37.5 Å². The highest BCUT2D eigenvalue weighted by molar-refractivity contribution is 6.01. The quantitative estimate of drug-likeness (QED) is 0.920. The van der Waals surface area contributed by atoms with Gasteiger partial charge < -0.3 is 10.2 Å². The second-order valence-corrected chi connectivity index (χ2v) is 6.22. The molecule has 2 amide bonds. The third-order valence-corrected chi connectivity index (χ3v) is 4.37. The number of hydrogen-bond donors (Lipinski definition) is 1. The zero-order chi connectivity index (χ0) is 16.9. The molecule has 1 saturated heterocycles. The minimum Gasteiger partial charge on any atom is -0.344 e. The van der Waals surface area contributed by atoms with Gasteiger partial charge in [-0.2, -0.15) is 0 Å². The summed E-state index contributed by atoms with van der Waals surface area (Å²) < 4.78 is 0. The molecular formula is C20H22N2O2. The fourth-order valence-corrected chi connectivity index (χ4v) is 2.96. The smallest absolute Gasteiger partial charge is 0.249 e. The zero-order valence-electron chi connectivity index (χ0n) is 13.9. The number of benzene rings is 2. The molecule has 1 heterocycles. The molecule has 124 valence electrons. The summed E-state index contributed by atoms with van der Waals surface area (Å²) in [6, 6.07) is 17.4. The SMILES string of the molecule is Cc1ccc(N2CC[C@@H](NC(=O)CCc3ccccc3)C2=O)cc1. The average molecular weight is 322 g/mol. The van der Waals surface area contributed by atoms with Crippen LogP contribution in [0.5, 0.6) is 0 Å². The van der Waals surface area contributed by atoms with Gasteiger partial charge in [-0.3, -0.25) is 9.59 Å². The lowest BCUT2D eigenvalue weighted by Crippen LogP contribution is -2.41. The highest BCUT2D eigenvalue weighted by Gasteiger charge is 2.33. The highest BCUT2D eigenvalue weighted by atomic mass is 16.2. The zero-order valence-corrected chi connectivity index (χ0v) is 13.9. The van der Waals surface area contributed by atoms with Crippen LogP contribution in [0.2, 0.25) is 0 Å². The van der Waals surface area contributed by atoms with E-state index in [-0.39, 0.29) is 11.8 Å². The van der Waals surface area contributed by atoms with Crippen LogP contribution in [0.1, 0.15) is 24.0 Å². The monoisotopic (exact) mass is 322 g/mol. The molecule has 0 aromatic heterocycles. The van der Waals surface area contributed by atoms with Gasteiger partial charge in [0.2, 0.25) is 11.8 Å². The Morgan fingerprint density at radius 2 is 1.83 bits per heavy atom. The van der Waals surface area contributed by atoms with Crippen molar-refractivity contribution in [1.29, 1.82) is 0 Å². The molecule has 1 aliphatic rings. The highest BCUT2D eigenvalue weighted by Crippen LogP contribution is 2.22. The van der Waals surface area contributed by atoms with Gasteiger partial charge in [0.1, 0.15) is 6.04 Å². The first-order chi connectivity index (χ1) is 11.6. The predicted molar refractivity (Wildman–Crippen MR) is 94.8 cm³/mol. The molecule has 2 aromatic rings. The molecule has 1 aliphatic heterocycles. The number of rotatable bonds is 5. The van der Waals surface area contributed by atoms with Crippen LogP contribution >= 0.6 is 0 Å². The maximum Gasteiger partial charge on any atom is 0.249 e.